The molecule has 12 heteroatoms. The molecule has 0 spiro atoms. The molecule has 4 unspecified atom stereocenters. The van der Waals surface area contributed by atoms with Crippen molar-refractivity contribution < 1.29 is 39.3 Å². The highest BCUT2D eigenvalue weighted by atomic mass is 16.4. The second-order valence-corrected chi connectivity index (χ2v) is 7.92. The average Bonchev–Trinajstić information content (AvgIpc) is 3.22. The van der Waals surface area contributed by atoms with Gasteiger partial charge < -0.3 is 36.6 Å². The van der Waals surface area contributed by atoms with Crippen molar-refractivity contribution in [2.24, 2.45) is 5.92 Å². The van der Waals surface area contributed by atoms with E-state index in [1.54, 1.807) is 13.8 Å². The summed E-state index contributed by atoms with van der Waals surface area (Å²) in [5, 5.41) is 37.7. The molecule has 0 bridgehead atoms. The van der Waals surface area contributed by atoms with E-state index in [1.807, 2.05) is 0 Å². The van der Waals surface area contributed by atoms with E-state index in [0.29, 0.717) is 13.0 Å². The molecule has 1 fully saturated rings. The highest BCUT2D eigenvalue weighted by Crippen LogP contribution is 2.08. The standard InChI is InChI=1S/C19H32N4O8/c1-10(2)8-13(19(30)31)22-17(28)12(5-6-15(25)26)21-18(29)14(9-24)23-16(27)11-4-3-7-20-11/h10-14,20,24H,3-9H2,1-2H3,(H,21,29)(H,22,28)(H,23,27)(H,25,26)(H,30,31). The molecule has 1 aliphatic heterocycles. The second kappa shape index (κ2) is 12.8. The topological polar surface area (TPSA) is 194 Å². The van der Waals surface area contributed by atoms with Crippen molar-refractivity contribution in [3.05, 3.63) is 0 Å². The number of aliphatic carboxylic acids is 2. The average molecular weight is 444 g/mol. The van der Waals surface area contributed by atoms with Gasteiger partial charge in [0.1, 0.15) is 18.1 Å². The third-order valence-electron chi connectivity index (χ3n) is 4.79. The van der Waals surface area contributed by atoms with Crippen LogP contribution in [0, 0.1) is 5.92 Å². The Morgan fingerprint density at radius 3 is 2.06 bits per heavy atom. The third-order valence-corrected chi connectivity index (χ3v) is 4.79. The summed E-state index contributed by atoms with van der Waals surface area (Å²) >= 11 is 0. The molecule has 0 aromatic rings. The van der Waals surface area contributed by atoms with Gasteiger partial charge in [-0.15, -0.1) is 0 Å². The Morgan fingerprint density at radius 1 is 0.968 bits per heavy atom. The minimum Gasteiger partial charge on any atom is -0.481 e. The SMILES string of the molecule is CC(C)CC(NC(=O)C(CCC(=O)O)NC(=O)C(CO)NC(=O)C1CCCN1)C(=O)O. The maximum absolute atomic E-state index is 12.6. The van der Waals surface area contributed by atoms with Crippen molar-refractivity contribution in [3.63, 3.8) is 0 Å². The first-order valence-electron chi connectivity index (χ1n) is 10.2. The zero-order chi connectivity index (χ0) is 23.6. The van der Waals surface area contributed by atoms with E-state index in [2.05, 4.69) is 21.3 Å². The van der Waals surface area contributed by atoms with E-state index >= 15 is 0 Å². The molecule has 7 N–H and O–H groups in total. The van der Waals surface area contributed by atoms with Gasteiger partial charge in [-0.1, -0.05) is 13.8 Å². The molecule has 4 atom stereocenters. The third kappa shape index (κ3) is 9.30. The number of rotatable bonds is 13. The number of aliphatic hydroxyl groups is 1. The van der Waals surface area contributed by atoms with E-state index in [4.69, 9.17) is 5.11 Å². The smallest absolute Gasteiger partial charge is 0.326 e. The van der Waals surface area contributed by atoms with Gasteiger partial charge in [0.05, 0.1) is 12.6 Å². The molecule has 12 nitrogen and oxygen atoms in total. The molecule has 0 aromatic carbocycles. The van der Waals surface area contributed by atoms with E-state index in [9.17, 15) is 34.2 Å². The lowest BCUT2D eigenvalue weighted by molar-refractivity contribution is -0.143. The fourth-order valence-electron chi connectivity index (χ4n) is 3.15. The number of nitrogens with one attached hydrogen (secondary N) is 4. The molecular formula is C19H32N4O8. The molecule has 1 aliphatic rings. The van der Waals surface area contributed by atoms with E-state index in [0.717, 1.165) is 6.42 Å². The lowest BCUT2D eigenvalue weighted by Gasteiger charge is -2.24. The summed E-state index contributed by atoms with van der Waals surface area (Å²) in [6, 6.07) is -4.40. The van der Waals surface area contributed by atoms with Crippen LogP contribution in [-0.4, -0.2) is 82.3 Å². The van der Waals surface area contributed by atoms with Gasteiger partial charge in [-0.3, -0.25) is 19.2 Å². The van der Waals surface area contributed by atoms with Crippen molar-refractivity contribution in [3.8, 4) is 0 Å². The lowest BCUT2D eigenvalue weighted by Crippen LogP contribution is -2.58. The Morgan fingerprint density at radius 2 is 1.58 bits per heavy atom. The zero-order valence-electron chi connectivity index (χ0n) is 17.7. The number of carbonyl (C=O) groups is 5. The molecule has 1 rings (SSSR count). The maximum atomic E-state index is 12.6. The molecule has 0 saturated carbocycles. The van der Waals surface area contributed by atoms with Gasteiger partial charge in [-0.2, -0.15) is 0 Å². The van der Waals surface area contributed by atoms with Crippen LogP contribution in [0.3, 0.4) is 0 Å². The molecular weight excluding hydrogens is 412 g/mol. The van der Waals surface area contributed by atoms with Gasteiger partial charge in [0.2, 0.25) is 17.7 Å². The largest absolute Gasteiger partial charge is 0.481 e. The van der Waals surface area contributed by atoms with Crippen LogP contribution in [0.15, 0.2) is 0 Å². The molecule has 176 valence electrons. The van der Waals surface area contributed by atoms with Crippen molar-refractivity contribution in [2.75, 3.05) is 13.2 Å². The van der Waals surface area contributed by atoms with Gasteiger partial charge in [-0.25, -0.2) is 4.79 Å². The lowest BCUT2D eigenvalue weighted by atomic mass is 10.0. The van der Waals surface area contributed by atoms with Crippen molar-refractivity contribution in [1.82, 2.24) is 21.3 Å². The maximum Gasteiger partial charge on any atom is 0.326 e. The minimum absolute atomic E-state index is 0.0355. The van der Waals surface area contributed by atoms with Gasteiger partial charge in [0, 0.05) is 6.42 Å². The monoisotopic (exact) mass is 444 g/mol. The van der Waals surface area contributed by atoms with Crippen LogP contribution in [0.25, 0.3) is 0 Å². The Kier molecular flexibility index (Phi) is 10.9. The van der Waals surface area contributed by atoms with Crippen molar-refractivity contribution in [1.29, 1.82) is 0 Å². The first kappa shape index (κ1) is 26.3. The molecule has 0 aromatic heterocycles. The van der Waals surface area contributed by atoms with Crippen LogP contribution in [0.5, 0.6) is 0 Å². The summed E-state index contributed by atoms with van der Waals surface area (Å²) in [4.78, 5) is 59.6. The summed E-state index contributed by atoms with van der Waals surface area (Å²) in [5.41, 5.74) is 0. The first-order chi connectivity index (χ1) is 14.5. The van der Waals surface area contributed by atoms with Crippen molar-refractivity contribution in [2.45, 2.75) is 70.1 Å². The highest BCUT2D eigenvalue weighted by molar-refractivity contribution is 5.94. The molecule has 31 heavy (non-hydrogen) atoms. The van der Waals surface area contributed by atoms with Gasteiger partial charge >= 0.3 is 11.9 Å². The van der Waals surface area contributed by atoms with Crippen LogP contribution in [-0.2, 0) is 24.0 Å². The van der Waals surface area contributed by atoms with E-state index in [1.165, 1.54) is 0 Å². The summed E-state index contributed by atoms with van der Waals surface area (Å²) in [6.45, 7) is 3.48. The summed E-state index contributed by atoms with van der Waals surface area (Å²) in [6.07, 6.45) is 0.776. The number of carbonyl (C=O) groups excluding carboxylic acids is 3. The molecule has 1 heterocycles. The van der Waals surface area contributed by atoms with E-state index < -0.39 is 66.9 Å². The number of hydrogen-bond acceptors (Lipinski definition) is 7. The molecule has 0 aliphatic carbocycles. The minimum atomic E-state index is -1.35. The van der Waals surface area contributed by atoms with Crippen molar-refractivity contribution >= 4 is 29.7 Å². The Bertz CT molecular complexity index is 663. The number of carboxylic acid groups (broad SMARTS) is 2. The van der Waals surface area contributed by atoms with Crippen LogP contribution in [0.4, 0.5) is 0 Å². The Balaban J connectivity index is 2.83. The number of carboxylic acids is 2. The Hall–Kier alpha value is -2.73. The predicted octanol–water partition coefficient (Wildman–Crippen LogP) is -1.82. The quantitative estimate of drug-likeness (QED) is 0.171. The van der Waals surface area contributed by atoms with E-state index in [-0.39, 0.29) is 18.8 Å². The zero-order valence-corrected chi connectivity index (χ0v) is 17.7. The normalized spacial score (nSPS) is 18.6. The number of amides is 3. The van der Waals surface area contributed by atoms with Gasteiger partial charge in [0.15, 0.2) is 0 Å². The number of aliphatic hydroxyl groups excluding tert-OH is 1. The second-order valence-electron chi connectivity index (χ2n) is 7.92. The summed E-state index contributed by atoms with van der Waals surface area (Å²) in [5.74, 6) is -4.70. The molecule has 0 radical (unpaired) electrons. The highest BCUT2D eigenvalue weighted by Gasteiger charge is 2.31. The fraction of sp³-hybridized carbons (Fsp3) is 0.737. The summed E-state index contributed by atoms with van der Waals surface area (Å²) < 4.78 is 0. The first-order valence-corrected chi connectivity index (χ1v) is 10.2. The molecule has 3 amide bonds. The van der Waals surface area contributed by atoms with Crippen LogP contribution >= 0.6 is 0 Å². The van der Waals surface area contributed by atoms with Gasteiger partial charge in [0.25, 0.3) is 0 Å². The van der Waals surface area contributed by atoms with Gasteiger partial charge in [-0.05, 0) is 38.1 Å². The van der Waals surface area contributed by atoms with Crippen LogP contribution in [0.1, 0.15) is 46.0 Å². The number of hydrogen-bond donors (Lipinski definition) is 7. The predicted molar refractivity (Wildman–Crippen MR) is 108 cm³/mol. The Labute approximate surface area is 180 Å². The van der Waals surface area contributed by atoms with Crippen LogP contribution < -0.4 is 21.3 Å². The fourth-order valence-corrected chi connectivity index (χ4v) is 3.15. The summed E-state index contributed by atoms with van der Waals surface area (Å²) in [7, 11) is 0. The van der Waals surface area contributed by atoms with Crippen LogP contribution in [0.2, 0.25) is 0 Å². The molecule has 1 saturated heterocycles.